The van der Waals surface area contributed by atoms with Gasteiger partial charge in [0.2, 0.25) is 0 Å². The van der Waals surface area contributed by atoms with Crippen LogP contribution in [0.3, 0.4) is 0 Å². The molecule has 20 heavy (non-hydrogen) atoms. The average Bonchev–Trinajstić information content (AvgIpc) is 2.66. The lowest BCUT2D eigenvalue weighted by Crippen LogP contribution is -2.43. The van der Waals surface area contributed by atoms with Gasteiger partial charge in [0.15, 0.2) is 0 Å². The van der Waals surface area contributed by atoms with Crippen LogP contribution in [0.15, 0.2) is 0 Å². The van der Waals surface area contributed by atoms with E-state index in [2.05, 4.69) is 27.7 Å². The maximum atomic E-state index is 13.4. The molecule has 3 aliphatic carbocycles. The molecule has 0 saturated heterocycles. The maximum Gasteiger partial charge on any atom is 0.145 e. The number of carbonyl (C=O) groups excluding carboxylic acids is 1. The Hall–Kier alpha value is -0.330. The van der Waals surface area contributed by atoms with Gasteiger partial charge in [0, 0.05) is 10.8 Å². The lowest BCUT2D eigenvalue weighted by Gasteiger charge is -2.43. The van der Waals surface area contributed by atoms with Gasteiger partial charge in [-0.05, 0) is 75.0 Å². The Balaban J connectivity index is 1.80. The molecular weight excluding hydrogens is 244 g/mol. The Bertz CT molecular complexity index is 365. The Morgan fingerprint density at radius 2 is 1.10 bits per heavy atom. The van der Waals surface area contributed by atoms with Crippen LogP contribution in [0.4, 0.5) is 0 Å². The third-order valence-corrected chi connectivity index (χ3v) is 7.57. The van der Waals surface area contributed by atoms with Gasteiger partial charge in [-0.15, -0.1) is 0 Å². The van der Waals surface area contributed by atoms with E-state index in [-0.39, 0.29) is 10.8 Å². The summed E-state index contributed by atoms with van der Waals surface area (Å²) < 4.78 is 0. The van der Waals surface area contributed by atoms with Crippen LogP contribution in [-0.2, 0) is 4.79 Å². The third kappa shape index (κ3) is 2.07. The predicted octanol–water partition coefficient (Wildman–Crippen LogP) is 5.23. The second-order valence-electron chi connectivity index (χ2n) is 8.78. The molecule has 0 aliphatic heterocycles. The van der Waals surface area contributed by atoms with Gasteiger partial charge in [0.05, 0.1) is 0 Å². The topological polar surface area (TPSA) is 17.1 Å². The molecule has 6 unspecified atom stereocenters. The first-order chi connectivity index (χ1) is 9.39. The van der Waals surface area contributed by atoms with Gasteiger partial charge >= 0.3 is 0 Å². The second kappa shape index (κ2) is 4.85. The first kappa shape index (κ1) is 14.6. The van der Waals surface area contributed by atoms with E-state index in [1.54, 1.807) is 0 Å². The molecule has 2 spiro atoms. The van der Waals surface area contributed by atoms with Crippen molar-refractivity contribution >= 4 is 5.78 Å². The van der Waals surface area contributed by atoms with Gasteiger partial charge in [-0.2, -0.15) is 0 Å². The molecule has 0 aromatic heterocycles. The standard InChI is InChI=1S/C19H32O/c1-13-5-7-18(11-15(13)3)9-10-19(17(18)20)8-6-14(2)16(4)12-19/h13-16H,5-12H2,1-4H3. The Labute approximate surface area is 124 Å². The van der Waals surface area contributed by atoms with Crippen molar-refractivity contribution in [2.45, 2.75) is 79.1 Å². The summed E-state index contributed by atoms with van der Waals surface area (Å²) >= 11 is 0. The molecule has 0 radical (unpaired) electrons. The zero-order valence-corrected chi connectivity index (χ0v) is 13.9. The first-order valence-corrected chi connectivity index (χ1v) is 8.93. The zero-order chi connectivity index (χ0) is 14.5. The van der Waals surface area contributed by atoms with Crippen molar-refractivity contribution in [3.05, 3.63) is 0 Å². The Morgan fingerprint density at radius 3 is 1.45 bits per heavy atom. The molecule has 3 aliphatic rings. The van der Waals surface area contributed by atoms with Gasteiger partial charge in [0.25, 0.3) is 0 Å². The molecule has 0 N–H and O–H groups in total. The van der Waals surface area contributed by atoms with E-state index in [1.165, 1.54) is 51.4 Å². The summed E-state index contributed by atoms with van der Waals surface area (Å²) in [7, 11) is 0. The van der Waals surface area contributed by atoms with Crippen molar-refractivity contribution < 1.29 is 4.79 Å². The molecule has 0 bridgehead atoms. The van der Waals surface area contributed by atoms with Crippen LogP contribution < -0.4 is 0 Å². The predicted molar refractivity (Wildman–Crippen MR) is 83.5 cm³/mol. The number of Topliss-reactive ketones (excluding diaryl/α,β-unsaturated/α-hetero) is 1. The van der Waals surface area contributed by atoms with E-state index in [1.807, 2.05) is 0 Å². The summed E-state index contributed by atoms with van der Waals surface area (Å²) in [6.07, 6.45) is 9.67. The highest BCUT2D eigenvalue weighted by Crippen LogP contribution is 2.60. The fraction of sp³-hybridized carbons (Fsp3) is 0.947. The van der Waals surface area contributed by atoms with Crippen molar-refractivity contribution in [2.75, 3.05) is 0 Å². The maximum absolute atomic E-state index is 13.4. The summed E-state index contributed by atoms with van der Waals surface area (Å²) in [6, 6.07) is 0. The third-order valence-electron chi connectivity index (χ3n) is 7.57. The van der Waals surface area contributed by atoms with Crippen LogP contribution in [0.1, 0.15) is 79.1 Å². The van der Waals surface area contributed by atoms with Crippen LogP contribution in [0.5, 0.6) is 0 Å². The molecule has 0 amide bonds. The van der Waals surface area contributed by atoms with Crippen LogP contribution >= 0.6 is 0 Å². The van der Waals surface area contributed by atoms with Crippen LogP contribution in [0.25, 0.3) is 0 Å². The molecule has 0 aromatic carbocycles. The molecule has 1 nitrogen and oxygen atoms in total. The molecule has 0 heterocycles. The summed E-state index contributed by atoms with van der Waals surface area (Å²) in [6.45, 7) is 9.49. The molecule has 0 aromatic rings. The van der Waals surface area contributed by atoms with E-state index < -0.39 is 0 Å². The molecule has 3 rings (SSSR count). The molecule has 3 fully saturated rings. The van der Waals surface area contributed by atoms with Crippen molar-refractivity contribution in [1.29, 1.82) is 0 Å². The van der Waals surface area contributed by atoms with Gasteiger partial charge in [-0.1, -0.05) is 27.7 Å². The normalized spacial score (nSPS) is 52.9. The highest BCUT2D eigenvalue weighted by Gasteiger charge is 2.58. The van der Waals surface area contributed by atoms with E-state index in [0.29, 0.717) is 5.78 Å². The molecule has 3 saturated carbocycles. The summed E-state index contributed by atoms with van der Waals surface area (Å²) in [5, 5.41) is 0. The molecule has 6 atom stereocenters. The van der Waals surface area contributed by atoms with Crippen LogP contribution in [0.2, 0.25) is 0 Å². The van der Waals surface area contributed by atoms with Crippen molar-refractivity contribution in [1.82, 2.24) is 0 Å². The minimum Gasteiger partial charge on any atom is -0.298 e. The zero-order valence-electron chi connectivity index (χ0n) is 13.9. The summed E-state index contributed by atoms with van der Waals surface area (Å²) in [5.74, 6) is 3.80. The van der Waals surface area contributed by atoms with Crippen molar-refractivity contribution in [2.24, 2.45) is 34.5 Å². The Morgan fingerprint density at radius 1 is 0.700 bits per heavy atom. The average molecular weight is 276 g/mol. The molecular formula is C19H32O. The number of rotatable bonds is 0. The minimum absolute atomic E-state index is 0.0895. The minimum atomic E-state index is 0.0895. The monoisotopic (exact) mass is 276 g/mol. The highest BCUT2D eigenvalue weighted by molar-refractivity contribution is 5.92. The second-order valence-corrected chi connectivity index (χ2v) is 8.78. The van der Waals surface area contributed by atoms with E-state index >= 15 is 0 Å². The van der Waals surface area contributed by atoms with Crippen LogP contribution in [0, 0.1) is 34.5 Å². The van der Waals surface area contributed by atoms with E-state index in [4.69, 9.17) is 0 Å². The number of carbonyl (C=O) groups is 1. The first-order valence-electron chi connectivity index (χ1n) is 8.93. The quantitative estimate of drug-likeness (QED) is 0.591. The fourth-order valence-corrected chi connectivity index (χ4v) is 5.55. The van der Waals surface area contributed by atoms with Gasteiger partial charge in [-0.25, -0.2) is 0 Å². The lowest BCUT2D eigenvalue weighted by atomic mass is 9.60. The van der Waals surface area contributed by atoms with Crippen LogP contribution in [-0.4, -0.2) is 5.78 Å². The summed E-state index contributed by atoms with van der Waals surface area (Å²) in [4.78, 5) is 13.4. The fourth-order valence-electron chi connectivity index (χ4n) is 5.55. The highest BCUT2D eigenvalue weighted by atomic mass is 16.1. The molecule has 114 valence electrons. The van der Waals surface area contributed by atoms with Crippen molar-refractivity contribution in [3.63, 3.8) is 0 Å². The number of hydrogen-bond donors (Lipinski definition) is 0. The smallest absolute Gasteiger partial charge is 0.145 e. The van der Waals surface area contributed by atoms with Gasteiger partial charge in [-0.3, -0.25) is 4.79 Å². The number of hydrogen-bond acceptors (Lipinski definition) is 1. The summed E-state index contributed by atoms with van der Waals surface area (Å²) in [5.41, 5.74) is 0.179. The van der Waals surface area contributed by atoms with Crippen molar-refractivity contribution in [3.8, 4) is 0 Å². The number of ketones is 1. The lowest BCUT2D eigenvalue weighted by molar-refractivity contribution is -0.139. The van der Waals surface area contributed by atoms with Gasteiger partial charge < -0.3 is 0 Å². The van der Waals surface area contributed by atoms with Gasteiger partial charge in [0.1, 0.15) is 5.78 Å². The largest absolute Gasteiger partial charge is 0.298 e. The Kier molecular flexibility index (Phi) is 3.54. The van der Waals surface area contributed by atoms with E-state index in [0.717, 1.165) is 23.7 Å². The van der Waals surface area contributed by atoms with E-state index in [9.17, 15) is 4.79 Å². The SMILES string of the molecule is CC1CCC2(CCC3(CCC(C)C(C)C3)C2=O)CC1C. The molecule has 1 heteroatoms.